The molecule has 4 saturated heterocycles. The summed E-state index contributed by atoms with van der Waals surface area (Å²) in [5.74, 6) is 0.394. The second kappa shape index (κ2) is 10.6. The molecule has 0 radical (unpaired) electrons. The van der Waals surface area contributed by atoms with Gasteiger partial charge in [0.25, 0.3) is 0 Å². The number of nitrogens with one attached hydrogen (secondary N) is 1. The number of carbonyl (C=O) groups excluding carboxylic acids is 2. The van der Waals surface area contributed by atoms with Gasteiger partial charge in [-0.05, 0) is 45.7 Å². The predicted molar refractivity (Wildman–Crippen MR) is 127 cm³/mol. The van der Waals surface area contributed by atoms with Gasteiger partial charge in [-0.3, -0.25) is 9.59 Å². The Kier molecular flexibility index (Phi) is 7.98. The van der Waals surface area contributed by atoms with Gasteiger partial charge in [0.15, 0.2) is 5.79 Å². The lowest BCUT2D eigenvalue weighted by molar-refractivity contribution is -0.307. The topological polar surface area (TPSA) is 74.3 Å². The highest BCUT2D eigenvalue weighted by atomic mass is 16.7. The summed E-state index contributed by atoms with van der Waals surface area (Å²) in [4.78, 5) is 32.1. The highest BCUT2D eigenvalue weighted by Crippen LogP contribution is 2.37. The van der Waals surface area contributed by atoms with Gasteiger partial charge in [0.1, 0.15) is 0 Å². The van der Waals surface area contributed by atoms with Gasteiger partial charge in [-0.2, -0.15) is 0 Å². The molecule has 33 heavy (non-hydrogen) atoms. The molecule has 8 heteroatoms. The van der Waals surface area contributed by atoms with E-state index < -0.39 is 5.79 Å². The standard InChI is InChI=1S/C25H44N4O4/c1-18(2)13-21-24(31)28(12-9-26-21)15-23(30)29-11-8-25(14-19(29)3)32-16-20(17-33-25)22-7-5-6-10-27(22)4/h18-22,26H,5-17H2,1-4H3. The summed E-state index contributed by atoms with van der Waals surface area (Å²) in [6, 6.07) is 0.407. The molecule has 4 aliphatic heterocycles. The zero-order valence-electron chi connectivity index (χ0n) is 21.1. The van der Waals surface area contributed by atoms with Crippen LogP contribution in [0.2, 0.25) is 0 Å². The fourth-order valence-electron chi connectivity index (χ4n) is 6.19. The van der Waals surface area contributed by atoms with Crippen LogP contribution < -0.4 is 5.32 Å². The van der Waals surface area contributed by atoms with E-state index in [1.807, 2.05) is 4.90 Å². The van der Waals surface area contributed by atoms with Crippen LogP contribution in [-0.2, 0) is 19.1 Å². The lowest BCUT2D eigenvalue weighted by Gasteiger charge is -2.50. The Labute approximate surface area is 199 Å². The normalized spacial score (nSPS) is 36.6. The smallest absolute Gasteiger partial charge is 0.242 e. The summed E-state index contributed by atoms with van der Waals surface area (Å²) < 4.78 is 12.8. The van der Waals surface area contributed by atoms with E-state index in [1.54, 1.807) is 4.90 Å². The lowest BCUT2D eigenvalue weighted by Crippen LogP contribution is -2.61. The minimum Gasteiger partial charge on any atom is -0.349 e. The van der Waals surface area contributed by atoms with Crippen molar-refractivity contribution in [2.75, 3.05) is 53.0 Å². The number of ether oxygens (including phenoxy) is 2. The van der Waals surface area contributed by atoms with Crippen LogP contribution in [0.5, 0.6) is 0 Å². The molecule has 3 unspecified atom stereocenters. The van der Waals surface area contributed by atoms with Crippen molar-refractivity contribution in [2.45, 2.75) is 83.2 Å². The van der Waals surface area contributed by atoms with E-state index in [1.165, 1.54) is 19.3 Å². The fraction of sp³-hybridized carbons (Fsp3) is 0.920. The van der Waals surface area contributed by atoms with Gasteiger partial charge in [0.05, 0.1) is 25.8 Å². The van der Waals surface area contributed by atoms with E-state index in [-0.39, 0.29) is 30.4 Å². The first-order valence-electron chi connectivity index (χ1n) is 13.1. The molecule has 0 aromatic heterocycles. The summed E-state index contributed by atoms with van der Waals surface area (Å²) >= 11 is 0. The molecule has 188 valence electrons. The Morgan fingerprint density at radius 1 is 1.18 bits per heavy atom. The minimum absolute atomic E-state index is 0.0321. The van der Waals surface area contributed by atoms with Gasteiger partial charge in [0, 0.05) is 50.5 Å². The van der Waals surface area contributed by atoms with Gasteiger partial charge in [-0.1, -0.05) is 20.3 Å². The molecule has 1 spiro atoms. The van der Waals surface area contributed by atoms with E-state index in [9.17, 15) is 9.59 Å². The highest BCUT2D eigenvalue weighted by molar-refractivity contribution is 5.88. The molecule has 4 aliphatic rings. The molecule has 0 aromatic rings. The SMILES string of the molecule is CC(C)CC1NCCN(CC(=O)N2CCC3(CC2C)OCC(C2CCCCN2C)CO3)C1=O. The summed E-state index contributed by atoms with van der Waals surface area (Å²) in [5, 5.41) is 3.31. The van der Waals surface area contributed by atoms with E-state index >= 15 is 0 Å². The Hall–Kier alpha value is -1.22. The van der Waals surface area contributed by atoms with Crippen molar-refractivity contribution in [3.05, 3.63) is 0 Å². The first-order valence-corrected chi connectivity index (χ1v) is 13.1. The lowest BCUT2D eigenvalue weighted by atomic mass is 9.89. The van der Waals surface area contributed by atoms with Gasteiger partial charge < -0.3 is 29.5 Å². The number of piperidine rings is 2. The van der Waals surface area contributed by atoms with Crippen LogP contribution in [-0.4, -0.2) is 103 Å². The third kappa shape index (κ3) is 5.72. The molecule has 4 fully saturated rings. The molecular weight excluding hydrogens is 420 g/mol. The third-order valence-electron chi connectivity index (χ3n) is 8.10. The quantitative estimate of drug-likeness (QED) is 0.668. The maximum Gasteiger partial charge on any atom is 0.242 e. The summed E-state index contributed by atoms with van der Waals surface area (Å²) in [5.41, 5.74) is 0. The summed E-state index contributed by atoms with van der Waals surface area (Å²) in [6.45, 7) is 11.1. The van der Waals surface area contributed by atoms with E-state index in [0.717, 1.165) is 32.7 Å². The molecule has 2 amide bonds. The molecule has 4 rings (SSSR count). The molecular formula is C25H44N4O4. The van der Waals surface area contributed by atoms with Crippen molar-refractivity contribution >= 4 is 11.8 Å². The molecule has 0 aromatic carbocycles. The molecule has 3 atom stereocenters. The van der Waals surface area contributed by atoms with E-state index in [4.69, 9.17) is 9.47 Å². The van der Waals surface area contributed by atoms with Crippen LogP contribution in [0, 0.1) is 11.8 Å². The van der Waals surface area contributed by atoms with Crippen molar-refractivity contribution in [3.8, 4) is 0 Å². The largest absolute Gasteiger partial charge is 0.349 e. The third-order valence-corrected chi connectivity index (χ3v) is 8.10. The Balaban J connectivity index is 1.28. The minimum atomic E-state index is -0.562. The highest BCUT2D eigenvalue weighted by Gasteiger charge is 2.46. The van der Waals surface area contributed by atoms with E-state index in [2.05, 4.69) is 38.0 Å². The number of carbonyl (C=O) groups is 2. The molecule has 0 aliphatic carbocycles. The Bertz CT molecular complexity index is 694. The van der Waals surface area contributed by atoms with Gasteiger partial charge in [-0.15, -0.1) is 0 Å². The monoisotopic (exact) mass is 464 g/mol. The number of hydrogen-bond acceptors (Lipinski definition) is 6. The fourth-order valence-corrected chi connectivity index (χ4v) is 6.19. The Morgan fingerprint density at radius 2 is 1.94 bits per heavy atom. The molecule has 1 N–H and O–H groups in total. The van der Waals surface area contributed by atoms with Gasteiger partial charge in [0.2, 0.25) is 11.8 Å². The van der Waals surface area contributed by atoms with Crippen molar-refractivity contribution in [1.29, 1.82) is 0 Å². The summed E-state index contributed by atoms with van der Waals surface area (Å²) in [6.07, 6.45) is 5.99. The van der Waals surface area contributed by atoms with E-state index in [0.29, 0.717) is 43.8 Å². The average Bonchev–Trinajstić information content (AvgIpc) is 2.77. The number of rotatable bonds is 5. The second-order valence-corrected chi connectivity index (χ2v) is 11.1. The first kappa shape index (κ1) is 24.9. The van der Waals surface area contributed by atoms with Gasteiger partial charge in [-0.25, -0.2) is 0 Å². The zero-order chi connectivity index (χ0) is 23.6. The molecule has 0 bridgehead atoms. The maximum atomic E-state index is 13.1. The van der Waals surface area contributed by atoms with Crippen LogP contribution in [0.3, 0.4) is 0 Å². The van der Waals surface area contributed by atoms with Gasteiger partial charge >= 0.3 is 0 Å². The van der Waals surface area contributed by atoms with Crippen molar-refractivity contribution in [1.82, 2.24) is 20.0 Å². The number of nitrogens with zero attached hydrogens (tertiary/aromatic N) is 3. The van der Waals surface area contributed by atoms with Crippen molar-refractivity contribution in [3.63, 3.8) is 0 Å². The number of amides is 2. The van der Waals surface area contributed by atoms with Crippen LogP contribution in [0.1, 0.15) is 59.3 Å². The van der Waals surface area contributed by atoms with Crippen molar-refractivity contribution in [2.24, 2.45) is 11.8 Å². The molecule has 0 saturated carbocycles. The Morgan fingerprint density at radius 3 is 2.61 bits per heavy atom. The molecule has 4 heterocycles. The second-order valence-electron chi connectivity index (χ2n) is 11.1. The average molecular weight is 465 g/mol. The number of hydrogen-bond donors (Lipinski definition) is 1. The van der Waals surface area contributed by atoms with Crippen LogP contribution in [0.15, 0.2) is 0 Å². The molecule has 8 nitrogen and oxygen atoms in total. The van der Waals surface area contributed by atoms with Crippen molar-refractivity contribution < 1.29 is 19.1 Å². The maximum absolute atomic E-state index is 13.1. The van der Waals surface area contributed by atoms with Crippen LogP contribution in [0.4, 0.5) is 0 Å². The predicted octanol–water partition coefficient (Wildman–Crippen LogP) is 1.69. The first-order chi connectivity index (χ1) is 15.8. The number of piperazine rings is 1. The zero-order valence-corrected chi connectivity index (χ0v) is 21.1. The van der Waals surface area contributed by atoms with Crippen LogP contribution in [0.25, 0.3) is 0 Å². The van der Waals surface area contributed by atoms with Crippen LogP contribution >= 0.6 is 0 Å². The summed E-state index contributed by atoms with van der Waals surface area (Å²) in [7, 11) is 2.22. The number of likely N-dealkylation sites (tertiary alicyclic amines) is 2.